The van der Waals surface area contributed by atoms with Crippen molar-refractivity contribution < 1.29 is 13.3 Å². The maximum Gasteiger partial charge on any atom is 0.143 e. The molecule has 19 aromatic carbocycles. The van der Waals surface area contributed by atoms with Gasteiger partial charge in [-0.25, -0.2) is 0 Å². The fourth-order valence-electron chi connectivity index (χ4n) is 17.5. The van der Waals surface area contributed by atoms with Crippen LogP contribution in [0.15, 0.2) is 401 Å². The highest BCUT2D eigenvalue weighted by molar-refractivity contribution is 7.26. The Morgan fingerprint density at radius 3 is 1.37 bits per heavy atom. The second-order valence-electron chi connectivity index (χ2n) is 32.6. The normalized spacial score (nSPS) is 11.8. The van der Waals surface area contributed by atoms with Crippen LogP contribution in [0.25, 0.3) is 172 Å². The molecule has 0 aliphatic heterocycles. The molecule has 592 valence electrons. The van der Waals surface area contributed by atoms with Crippen LogP contribution in [0.5, 0.6) is 0 Å². The summed E-state index contributed by atoms with van der Waals surface area (Å²) in [6, 6.07) is 137. The Morgan fingerprint density at radius 1 is 0.205 bits per heavy atom. The van der Waals surface area contributed by atoms with E-state index in [4.69, 9.17) is 13.3 Å². The highest BCUT2D eigenvalue weighted by Crippen LogP contribution is 2.49. The Morgan fingerprint density at radius 2 is 0.623 bits per heavy atom. The van der Waals surface area contributed by atoms with E-state index >= 15 is 0 Å². The smallest absolute Gasteiger partial charge is 0.143 e. The summed E-state index contributed by atoms with van der Waals surface area (Å²) in [5, 5.41) is 23.5. The van der Waals surface area contributed by atoms with Crippen LogP contribution in [-0.2, 0) is 5.41 Å². The lowest BCUT2D eigenvalue weighted by Crippen LogP contribution is -2.14. The maximum absolute atomic E-state index is 6.17. The Labute approximate surface area is 720 Å². The first-order valence-corrected chi connectivity index (χ1v) is 43.6. The van der Waals surface area contributed by atoms with Gasteiger partial charge in [0, 0.05) is 83.6 Å². The van der Waals surface area contributed by atoms with Crippen molar-refractivity contribution in [1.82, 2.24) is 0 Å². The molecule has 5 aromatic heterocycles. The number of rotatable bonds is 1. The van der Waals surface area contributed by atoms with Crippen molar-refractivity contribution in [1.29, 1.82) is 0 Å². The molecule has 3 nitrogen and oxygen atoms in total. The van der Waals surface area contributed by atoms with E-state index in [1.807, 2.05) is 83.3 Å². The molecule has 0 unspecified atom stereocenters. The van der Waals surface area contributed by atoms with Crippen molar-refractivity contribution in [2.24, 2.45) is 0 Å². The Hall–Kier alpha value is -13.9. The summed E-state index contributed by atoms with van der Waals surface area (Å²) in [5.74, 6) is 0. The third-order valence-electron chi connectivity index (χ3n) is 23.6. The van der Waals surface area contributed by atoms with Crippen LogP contribution < -0.4 is 0 Å². The number of hydrogen-bond acceptors (Lipinski definition) is 5. The standard InChI is InChI=1S/C19H14O.C16H16.2C15H12.2C13H10O.2C13H10S/c1-13-7-5-11-16-17-12-6-10-15(19(17)20-18(13)16)14-8-3-2-4-9-14;1-11-8-9-15-13(10-11)12-6-4-5-7-14(12)16(15,2)3;1-11-6-9-15-13(10-11)8-7-12-4-2-3-5-14(12)15;1-11-6-7-13-9-8-12-4-2-3-5-14(12)15(13)10-11;1-9-5-4-8-12-13(9)10-6-2-3-7-11(10)14-12;1-9-6-7-13-11(8-9)10-4-2-3-5-12(10)14-13;1-9-5-4-8-12-13(9)10-6-2-3-7-11(10)14-12;1-9-6-7-13-11(8-9)10-4-2-3-5-12(10)14-13/h2-12H,1H3;4-10H,1-3H3;2*2-10H,1H3;4*2-8H,1H3. The van der Waals surface area contributed by atoms with Crippen LogP contribution in [0, 0.1) is 55.4 Å². The average Bonchev–Trinajstić information content (AvgIpc) is 1.59. The summed E-state index contributed by atoms with van der Waals surface area (Å²) in [7, 11) is 0. The van der Waals surface area contributed by atoms with Gasteiger partial charge in [0.2, 0.25) is 0 Å². The number of hydrogen-bond donors (Lipinski definition) is 0. The summed E-state index contributed by atoms with van der Waals surface area (Å²) in [6.07, 6.45) is 0. The SMILES string of the molecule is Cc1ccc2c(c1)-c1ccccc1C2(C)C.Cc1ccc2c(ccc3ccccc32)c1.Cc1ccc2ccc3ccccc3c2c1.Cc1ccc2oc3ccccc3c2c1.Cc1ccc2sc3ccccc3c2c1.Cc1cccc2c1oc1c(-c3ccccc3)cccc12.Cc1cccc2oc3ccccc3c12.Cc1cccc2sc3ccccc3c12. The lowest BCUT2D eigenvalue weighted by molar-refractivity contribution is 0.660. The average molecular weight is 1610 g/mol. The summed E-state index contributed by atoms with van der Waals surface area (Å²) in [4.78, 5) is 0. The third-order valence-corrected chi connectivity index (χ3v) is 25.9. The zero-order valence-corrected chi connectivity index (χ0v) is 72.1. The molecule has 24 aromatic rings. The van der Waals surface area contributed by atoms with Crippen molar-refractivity contribution in [3.05, 3.63) is 444 Å². The summed E-state index contributed by atoms with van der Waals surface area (Å²) < 4.78 is 23.2. The van der Waals surface area contributed by atoms with Gasteiger partial charge >= 0.3 is 0 Å². The van der Waals surface area contributed by atoms with Gasteiger partial charge < -0.3 is 13.3 Å². The molecule has 25 rings (SSSR count). The zero-order chi connectivity index (χ0) is 83.5. The lowest BCUT2D eigenvalue weighted by atomic mass is 9.82. The van der Waals surface area contributed by atoms with Gasteiger partial charge in [-0.1, -0.05) is 369 Å². The molecule has 122 heavy (non-hydrogen) atoms. The van der Waals surface area contributed by atoms with Crippen LogP contribution in [0.4, 0.5) is 0 Å². The molecule has 0 fully saturated rings. The third kappa shape index (κ3) is 16.1. The van der Waals surface area contributed by atoms with Crippen molar-refractivity contribution >= 4 is 172 Å². The number of furan rings is 3. The molecule has 0 radical (unpaired) electrons. The van der Waals surface area contributed by atoms with E-state index < -0.39 is 0 Å². The number of thiophene rings is 2. The fraction of sp³-hybridized carbons (Fsp3) is 0.0940. The van der Waals surface area contributed by atoms with E-state index in [1.54, 1.807) is 0 Å². The summed E-state index contributed by atoms with van der Waals surface area (Å²) in [5.41, 5.74) is 24.5. The first-order chi connectivity index (χ1) is 59.5. The van der Waals surface area contributed by atoms with Crippen LogP contribution in [-0.4, -0.2) is 0 Å². The van der Waals surface area contributed by atoms with Crippen molar-refractivity contribution in [2.75, 3.05) is 0 Å². The van der Waals surface area contributed by atoms with E-state index in [-0.39, 0.29) is 5.41 Å². The van der Waals surface area contributed by atoms with Gasteiger partial charge in [0.05, 0.1) is 0 Å². The molecule has 1 aliphatic rings. The predicted octanol–water partition coefficient (Wildman–Crippen LogP) is 35.0. The second kappa shape index (κ2) is 34.4. The molecule has 0 amide bonds. The largest absolute Gasteiger partial charge is 0.456 e. The number of fused-ring (bicyclic) bond motifs is 24. The van der Waals surface area contributed by atoms with E-state index in [9.17, 15) is 0 Å². The van der Waals surface area contributed by atoms with Crippen LogP contribution in [0.1, 0.15) is 69.5 Å². The van der Waals surface area contributed by atoms with E-state index in [0.29, 0.717) is 0 Å². The minimum absolute atomic E-state index is 0.152. The molecular weight excluding hydrogens is 1520 g/mol. The van der Waals surface area contributed by atoms with Gasteiger partial charge in [0.1, 0.15) is 33.5 Å². The molecular formula is C117H94O3S2. The molecule has 0 saturated heterocycles. The van der Waals surface area contributed by atoms with Gasteiger partial charge in [0.15, 0.2) is 0 Å². The van der Waals surface area contributed by atoms with Crippen LogP contribution in [0.3, 0.4) is 0 Å². The van der Waals surface area contributed by atoms with Crippen molar-refractivity contribution in [3.8, 4) is 22.3 Å². The first-order valence-electron chi connectivity index (χ1n) is 42.0. The molecule has 5 heteroatoms. The van der Waals surface area contributed by atoms with E-state index in [2.05, 4.69) is 397 Å². The van der Waals surface area contributed by atoms with Gasteiger partial charge in [-0.05, 0) is 204 Å². The number of para-hydroxylation sites is 4. The molecule has 0 N–H and O–H groups in total. The Balaban J connectivity index is 0.0000000955. The van der Waals surface area contributed by atoms with Crippen molar-refractivity contribution in [2.45, 2.75) is 74.7 Å². The summed E-state index contributed by atoms with van der Waals surface area (Å²) in [6.45, 7) is 21.7. The molecule has 0 spiro atoms. The van der Waals surface area contributed by atoms with Gasteiger partial charge in [-0.3, -0.25) is 0 Å². The highest BCUT2D eigenvalue weighted by Gasteiger charge is 2.35. The minimum atomic E-state index is 0.152. The summed E-state index contributed by atoms with van der Waals surface area (Å²) >= 11 is 3.75. The van der Waals surface area contributed by atoms with Crippen LogP contribution >= 0.6 is 22.7 Å². The number of benzene rings is 19. The maximum atomic E-state index is 6.17. The van der Waals surface area contributed by atoms with Crippen molar-refractivity contribution in [3.63, 3.8) is 0 Å². The van der Waals surface area contributed by atoms with Crippen LogP contribution in [0.2, 0.25) is 0 Å². The quantitative estimate of drug-likeness (QED) is 0.154. The van der Waals surface area contributed by atoms with Gasteiger partial charge in [0.25, 0.3) is 0 Å². The fourth-order valence-corrected chi connectivity index (χ4v) is 19.7. The highest BCUT2D eigenvalue weighted by atomic mass is 32.1. The Bertz CT molecular complexity index is 7750. The minimum Gasteiger partial charge on any atom is -0.456 e. The second-order valence-corrected chi connectivity index (χ2v) is 34.8. The first kappa shape index (κ1) is 79.2. The molecule has 5 heterocycles. The van der Waals surface area contributed by atoms with E-state index in [1.165, 1.54) is 188 Å². The molecule has 0 bridgehead atoms. The van der Waals surface area contributed by atoms with Gasteiger partial charge in [-0.15, -0.1) is 22.7 Å². The zero-order valence-electron chi connectivity index (χ0n) is 70.5. The van der Waals surface area contributed by atoms with E-state index in [0.717, 1.165) is 39.1 Å². The molecule has 0 saturated carbocycles. The molecule has 1 aliphatic carbocycles. The lowest BCUT2D eigenvalue weighted by Gasteiger charge is -2.21. The van der Waals surface area contributed by atoms with Gasteiger partial charge in [-0.2, -0.15) is 0 Å². The topological polar surface area (TPSA) is 39.4 Å². The molecule has 0 atom stereocenters. The predicted molar refractivity (Wildman–Crippen MR) is 530 cm³/mol. The Kier molecular flexibility index (Phi) is 22.3. The number of aryl methyl sites for hydroxylation is 8. The monoisotopic (exact) mass is 1610 g/mol.